The van der Waals surface area contributed by atoms with Gasteiger partial charge in [0.2, 0.25) is 5.91 Å². The van der Waals surface area contributed by atoms with E-state index in [4.69, 9.17) is 17.3 Å². The number of carbonyl (C=O) groups is 2. The molecule has 0 aromatic rings. The molecule has 20 heavy (non-hydrogen) atoms. The van der Waals surface area contributed by atoms with Crippen LogP contribution in [-0.2, 0) is 9.59 Å². The van der Waals surface area contributed by atoms with Crippen LogP contribution in [0.25, 0.3) is 0 Å². The molecule has 0 aliphatic carbocycles. The maximum Gasteiger partial charge on any atom is 0.308 e. The van der Waals surface area contributed by atoms with E-state index in [0.29, 0.717) is 6.54 Å². The minimum Gasteiger partial charge on any atom is -0.481 e. The van der Waals surface area contributed by atoms with E-state index in [9.17, 15) is 9.59 Å². The van der Waals surface area contributed by atoms with E-state index in [-0.39, 0.29) is 18.4 Å². The fourth-order valence-electron chi connectivity index (χ4n) is 2.89. The highest BCUT2D eigenvalue weighted by molar-refractivity contribution is 7.80. The van der Waals surface area contributed by atoms with Gasteiger partial charge in [0, 0.05) is 38.6 Å². The second kappa shape index (κ2) is 6.39. The SMILES string of the molecule is CCNC(=S)N1CCC(N2CC(C(=O)O)CC2=O)CC1. The van der Waals surface area contributed by atoms with Gasteiger partial charge in [0.1, 0.15) is 0 Å². The average molecular weight is 299 g/mol. The highest BCUT2D eigenvalue weighted by atomic mass is 32.1. The number of carboxylic acids is 1. The molecule has 2 aliphatic rings. The highest BCUT2D eigenvalue weighted by Gasteiger charge is 2.38. The number of nitrogens with zero attached hydrogens (tertiary/aromatic N) is 2. The van der Waals surface area contributed by atoms with Gasteiger partial charge in [-0.3, -0.25) is 9.59 Å². The van der Waals surface area contributed by atoms with Crippen molar-refractivity contribution in [3.63, 3.8) is 0 Å². The van der Waals surface area contributed by atoms with Gasteiger partial charge in [0.15, 0.2) is 5.11 Å². The number of likely N-dealkylation sites (tertiary alicyclic amines) is 2. The molecule has 2 aliphatic heterocycles. The third-order valence-electron chi connectivity index (χ3n) is 4.03. The van der Waals surface area contributed by atoms with Gasteiger partial charge in [0.25, 0.3) is 0 Å². The second-order valence-corrected chi connectivity index (χ2v) is 5.73. The van der Waals surface area contributed by atoms with Crippen LogP contribution in [0.15, 0.2) is 0 Å². The zero-order valence-corrected chi connectivity index (χ0v) is 12.5. The zero-order valence-electron chi connectivity index (χ0n) is 11.7. The molecule has 1 amide bonds. The molecule has 2 fully saturated rings. The van der Waals surface area contributed by atoms with Crippen LogP contribution in [0.5, 0.6) is 0 Å². The lowest BCUT2D eigenvalue weighted by molar-refractivity contribution is -0.141. The normalized spacial score (nSPS) is 24.1. The molecule has 0 radical (unpaired) electrons. The Labute approximate surface area is 124 Å². The van der Waals surface area contributed by atoms with E-state index in [1.165, 1.54) is 0 Å². The van der Waals surface area contributed by atoms with Crippen molar-refractivity contribution in [1.82, 2.24) is 15.1 Å². The molecule has 7 heteroatoms. The molecule has 2 heterocycles. The van der Waals surface area contributed by atoms with Crippen LogP contribution < -0.4 is 5.32 Å². The molecule has 0 spiro atoms. The summed E-state index contributed by atoms with van der Waals surface area (Å²) in [6, 6.07) is 0.160. The maximum atomic E-state index is 11.9. The molecule has 0 saturated carbocycles. The molecule has 2 N–H and O–H groups in total. The molecule has 0 bridgehead atoms. The summed E-state index contributed by atoms with van der Waals surface area (Å²) in [4.78, 5) is 26.8. The number of hydrogen-bond acceptors (Lipinski definition) is 3. The molecule has 112 valence electrons. The summed E-state index contributed by atoms with van der Waals surface area (Å²) < 4.78 is 0. The number of hydrogen-bond donors (Lipinski definition) is 2. The molecule has 1 atom stereocenters. The van der Waals surface area contributed by atoms with Gasteiger partial charge in [-0.25, -0.2) is 0 Å². The third kappa shape index (κ3) is 3.20. The highest BCUT2D eigenvalue weighted by Crippen LogP contribution is 2.25. The number of amides is 1. The van der Waals surface area contributed by atoms with Crippen LogP contribution in [0, 0.1) is 5.92 Å². The van der Waals surface area contributed by atoms with Gasteiger partial charge in [-0.1, -0.05) is 0 Å². The first-order chi connectivity index (χ1) is 9.52. The predicted octanol–water partition coefficient (Wildman–Crippen LogP) is 0.278. The van der Waals surface area contributed by atoms with Gasteiger partial charge >= 0.3 is 5.97 Å². The molecule has 2 rings (SSSR count). The average Bonchev–Trinajstić information content (AvgIpc) is 2.81. The summed E-state index contributed by atoms with van der Waals surface area (Å²) in [6.07, 6.45) is 1.85. The Hall–Kier alpha value is -1.37. The summed E-state index contributed by atoms with van der Waals surface area (Å²) in [6.45, 7) is 4.81. The summed E-state index contributed by atoms with van der Waals surface area (Å²) in [5, 5.41) is 12.9. The molecule has 0 aromatic carbocycles. The van der Waals surface area contributed by atoms with Crippen molar-refractivity contribution in [2.45, 2.75) is 32.2 Å². The van der Waals surface area contributed by atoms with Crippen molar-refractivity contribution in [2.24, 2.45) is 5.92 Å². The van der Waals surface area contributed by atoms with Gasteiger partial charge in [-0.15, -0.1) is 0 Å². The van der Waals surface area contributed by atoms with Crippen molar-refractivity contribution in [2.75, 3.05) is 26.2 Å². The Balaban J connectivity index is 1.86. The Kier molecular flexibility index (Phi) is 4.80. The Morgan fingerprint density at radius 1 is 1.45 bits per heavy atom. The minimum atomic E-state index is -0.869. The third-order valence-corrected chi connectivity index (χ3v) is 4.43. The fraction of sp³-hybridized carbons (Fsp3) is 0.769. The fourth-order valence-corrected chi connectivity index (χ4v) is 3.22. The lowest BCUT2D eigenvalue weighted by Gasteiger charge is -2.37. The van der Waals surface area contributed by atoms with Crippen LogP contribution >= 0.6 is 12.2 Å². The number of aliphatic carboxylic acids is 1. The maximum absolute atomic E-state index is 11.9. The Morgan fingerprint density at radius 2 is 2.10 bits per heavy atom. The number of piperidine rings is 1. The number of carbonyl (C=O) groups excluding carboxylic acids is 1. The summed E-state index contributed by atoms with van der Waals surface area (Å²) >= 11 is 5.28. The van der Waals surface area contributed by atoms with Crippen molar-refractivity contribution in [3.8, 4) is 0 Å². The van der Waals surface area contributed by atoms with Crippen LogP contribution in [0.3, 0.4) is 0 Å². The number of rotatable bonds is 3. The summed E-state index contributed by atoms with van der Waals surface area (Å²) in [5.74, 6) is -1.43. The van der Waals surface area contributed by atoms with Crippen LogP contribution in [0.2, 0.25) is 0 Å². The first-order valence-electron chi connectivity index (χ1n) is 7.08. The van der Waals surface area contributed by atoms with Crippen molar-refractivity contribution < 1.29 is 14.7 Å². The van der Waals surface area contributed by atoms with Crippen LogP contribution in [0.4, 0.5) is 0 Å². The predicted molar refractivity (Wildman–Crippen MR) is 78.3 cm³/mol. The van der Waals surface area contributed by atoms with E-state index in [1.807, 2.05) is 6.92 Å². The topological polar surface area (TPSA) is 72.9 Å². The Morgan fingerprint density at radius 3 is 2.60 bits per heavy atom. The van der Waals surface area contributed by atoms with Crippen molar-refractivity contribution >= 4 is 29.2 Å². The van der Waals surface area contributed by atoms with E-state index in [1.54, 1.807) is 4.90 Å². The standard InChI is InChI=1S/C13H21N3O3S/c1-2-14-13(20)15-5-3-10(4-6-15)16-8-9(12(18)19)7-11(16)17/h9-10H,2-8H2,1H3,(H,14,20)(H,18,19). The van der Waals surface area contributed by atoms with E-state index in [2.05, 4.69) is 10.2 Å². The van der Waals surface area contributed by atoms with Gasteiger partial charge in [-0.05, 0) is 32.0 Å². The first kappa shape index (κ1) is 15.0. The van der Waals surface area contributed by atoms with Crippen LogP contribution in [-0.4, -0.2) is 64.1 Å². The molecular formula is C13H21N3O3S. The van der Waals surface area contributed by atoms with Gasteiger partial charge in [-0.2, -0.15) is 0 Å². The summed E-state index contributed by atoms with van der Waals surface area (Å²) in [5.41, 5.74) is 0. The first-order valence-corrected chi connectivity index (χ1v) is 7.48. The number of nitrogens with one attached hydrogen (secondary N) is 1. The lowest BCUT2D eigenvalue weighted by Crippen LogP contribution is -2.49. The van der Waals surface area contributed by atoms with Crippen molar-refractivity contribution in [3.05, 3.63) is 0 Å². The molecular weight excluding hydrogens is 278 g/mol. The molecule has 1 unspecified atom stereocenters. The molecule has 6 nitrogen and oxygen atoms in total. The van der Waals surface area contributed by atoms with E-state index in [0.717, 1.165) is 37.6 Å². The minimum absolute atomic E-state index is 0.0230. The largest absolute Gasteiger partial charge is 0.481 e. The van der Waals surface area contributed by atoms with Gasteiger partial charge < -0.3 is 20.2 Å². The number of carboxylic acid groups (broad SMARTS) is 1. The van der Waals surface area contributed by atoms with Crippen molar-refractivity contribution in [1.29, 1.82) is 0 Å². The van der Waals surface area contributed by atoms with E-state index >= 15 is 0 Å². The summed E-state index contributed by atoms with van der Waals surface area (Å²) in [7, 11) is 0. The Bertz CT molecular complexity index is 408. The molecule has 2 saturated heterocycles. The number of thiocarbonyl (C=S) groups is 1. The second-order valence-electron chi connectivity index (χ2n) is 5.34. The monoisotopic (exact) mass is 299 g/mol. The smallest absolute Gasteiger partial charge is 0.308 e. The molecule has 0 aromatic heterocycles. The van der Waals surface area contributed by atoms with E-state index < -0.39 is 11.9 Å². The zero-order chi connectivity index (χ0) is 14.7. The van der Waals surface area contributed by atoms with Gasteiger partial charge in [0.05, 0.1) is 5.92 Å². The van der Waals surface area contributed by atoms with Crippen LogP contribution in [0.1, 0.15) is 26.2 Å². The lowest BCUT2D eigenvalue weighted by atomic mass is 10.0. The quantitative estimate of drug-likeness (QED) is 0.729.